The molecule has 1 heterocycles. The van der Waals surface area contributed by atoms with Crippen molar-refractivity contribution in [3.8, 4) is 0 Å². The molecule has 0 radical (unpaired) electrons. The molecule has 1 aromatic rings. The molecule has 0 N–H and O–H groups in total. The number of aromatic nitrogens is 1. The van der Waals surface area contributed by atoms with E-state index in [0.717, 1.165) is 3.70 Å². The van der Waals surface area contributed by atoms with E-state index in [9.17, 15) is 8.78 Å². The Morgan fingerprint density at radius 1 is 1.46 bits per heavy atom. The molecule has 0 saturated carbocycles. The maximum absolute atomic E-state index is 12.5. The molecule has 0 aromatic carbocycles. The van der Waals surface area contributed by atoms with Crippen LogP contribution in [0.25, 0.3) is 0 Å². The van der Waals surface area contributed by atoms with E-state index in [1.807, 2.05) is 45.2 Å². The van der Waals surface area contributed by atoms with Gasteiger partial charge in [-0.3, -0.25) is 0 Å². The summed E-state index contributed by atoms with van der Waals surface area (Å²) in [5.41, 5.74) is 0.462. The van der Waals surface area contributed by atoms with Crippen molar-refractivity contribution in [2.75, 3.05) is 0 Å². The number of rotatable bonds is 2. The molecule has 0 amide bonds. The fourth-order valence-corrected chi connectivity index (χ4v) is 3.34. The van der Waals surface area contributed by atoms with Crippen LogP contribution in [0.5, 0.6) is 0 Å². The van der Waals surface area contributed by atoms with Crippen molar-refractivity contribution in [2.45, 2.75) is 11.8 Å². The van der Waals surface area contributed by atoms with Gasteiger partial charge in [-0.15, -0.1) is 0 Å². The van der Waals surface area contributed by atoms with Gasteiger partial charge < -0.3 is 0 Å². The third-order valence-electron chi connectivity index (χ3n) is 1.40. The smallest absolute Gasteiger partial charge is 0.245 e. The fourth-order valence-electron chi connectivity index (χ4n) is 0.874. The van der Waals surface area contributed by atoms with Crippen molar-refractivity contribution in [3.05, 3.63) is 24.6 Å². The van der Waals surface area contributed by atoms with E-state index in [2.05, 4.69) is 20.9 Å². The first-order chi connectivity index (χ1) is 6.06. The lowest BCUT2D eigenvalue weighted by Crippen LogP contribution is -2.01. The van der Waals surface area contributed by atoms with Crippen molar-refractivity contribution >= 4 is 61.1 Å². The van der Waals surface area contributed by atoms with Crippen LogP contribution in [-0.2, 0) is 5.33 Å². The van der Waals surface area contributed by atoms with E-state index in [4.69, 9.17) is 0 Å². The molecule has 0 aliphatic carbocycles. The van der Waals surface area contributed by atoms with Crippen molar-refractivity contribution in [3.63, 3.8) is 0 Å². The molecule has 1 rings (SSSR count). The van der Waals surface area contributed by atoms with Gasteiger partial charge in [-0.25, -0.2) is 13.8 Å². The lowest BCUT2D eigenvalue weighted by atomic mass is 10.2. The second-order valence-electron chi connectivity index (χ2n) is 2.22. The first kappa shape index (κ1) is 12.0. The number of nitrogens with zero attached hydrogens (tertiary/aromatic N) is 1. The van der Waals surface area contributed by atoms with Gasteiger partial charge in [0.05, 0.1) is 11.3 Å². The normalized spacial score (nSPS) is 10.9. The van der Waals surface area contributed by atoms with Crippen LogP contribution in [0, 0.1) is 7.27 Å². The van der Waals surface area contributed by atoms with Crippen LogP contribution in [0.4, 0.5) is 8.78 Å². The Morgan fingerprint density at radius 3 is 2.54 bits per heavy atom. The Hall–Kier alpha value is 0.950. The maximum atomic E-state index is 12.5. The zero-order chi connectivity index (χ0) is 10.0. The molecule has 0 fully saturated rings. The number of alkyl halides is 3. The molecule has 13 heavy (non-hydrogen) atoms. The van der Waals surface area contributed by atoms with Gasteiger partial charge in [0.25, 0.3) is 6.43 Å². The molecule has 6 heteroatoms. The first-order valence-electron chi connectivity index (χ1n) is 3.25. The van der Waals surface area contributed by atoms with Crippen LogP contribution in [0.2, 0.25) is 0 Å². The second-order valence-corrected chi connectivity index (χ2v) is 5.05. The topological polar surface area (TPSA) is 12.9 Å². The van der Waals surface area contributed by atoms with Crippen molar-refractivity contribution in [1.29, 1.82) is 0 Å². The lowest BCUT2D eigenvalue weighted by Gasteiger charge is -2.08. The lowest BCUT2D eigenvalue weighted by molar-refractivity contribution is 0.149. The summed E-state index contributed by atoms with van der Waals surface area (Å²) in [5.74, 6) is 0. The molecule has 0 atom stereocenters. The first-order valence-corrected chi connectivity index (χ1v) is 6.53. The zero-order valence-electron chi connectivity index (χ0n) is 6.20. The van der Waals surface area contributed by atoms with E-state index in [0.29, 0.717) is 14.6 Å². The standard InChI is InChI=1S/C7H4BrF2I2N/c8-2-4-6(7(9)10)3(11)1-5(12)13-4/h1,7H,2H2. The summed E-state index contributed by atoms with van der Waals surface area (Å²) in [4.78, 5) is 4.03. The van der Waals surface area contributed by atoms with Crippen LogP contribution < -0.4 is 0 Å². The minimum Gasteiger partial charge on any atom is -0.245 e. The molecular weight excluding hydrogens is 470 g/mol. The van der Waals surface area contributed by atoms with E-state index in [1.165, 1.54) is 0 Å². The number of hydrogen-bond donors (Lipinski definition) is 0. The zero-order valence-corrected chi connectivity index (χ0v) is 12.1. The van der Waals surface area contributed by atoms with Crippen LogP contribution in [-0.4, -0.2) is 4.98 Å². The minimum absolute atomic E-state index is 0.0397. The quantitative estimate of drug-likeness (QED) is 0.358. The second kappa shape index (κ2) is 5.15. The molecular formula is C7H4BrF2I2N. The highest BCUT2D eigenvalue weighted by Crippen LogP contribution is 2.29. The average Bonchev–Trinajstić information content (AvgIpc) is 2.01. The van der Waals surface area contributed by atoms with Crippen molar-refractivity contribution < 1.29 is 8.78 Å². The van der Waals surface area contributed by atoms with Crippen LogP contribution in [0.15, 0.2) is 6.07 Å². The van der Waals surface area contributed by atoms with E-state index in [1.54, 1.807) is 6.07 Å². The van der Waals surface area contributed by atoms with Gasteiger partial charge in [0.1, 0.15) is 3.70 Å². The summed E-state index contributed by atoms with van der Waals surface area (Å²) < 4.78 is 26.4. The molecule has 1 aromatic heterocycles. The van der Waals surface area contributed by atoms with E-state index < -0.39 is 6.43 Å². The van der Waals surface area contributed by atoms with Crippen LogP contribution in [0.1, 0.15) is 17.7 Å². The Labute approximate surface area is 110 Å². The Kier molecular flexibility index (Phi) is 4.76. The highest BCUT2D eigenvalue weighted by atomic mass is 127. The molecule has 0 saturated heterocycles. The Morgan fingerprint density at radius 2 is 2.08 bits per heavy atom. The Balaban J connectivity index is 3.30. The van der Waals surface area contributed by atoms with Crippen molar-refractivity contribution in [2.24, 2.45) is 0 Å². The molecule has 1 nitrogen and oxygen atoms in total. The maximum Gasteiger partial charge on any atom is 0.266 e. The third kappa shape index (κ3) is 2.95. The third-order valence-corrected chi connectivity index (χ3v) is 3.38. The predicted molar refractivity (Wildman–Crippen MR) is 67.3 cm³/mol. The van der Waals surface area contributed by atoms with Gasteiger partial charge in [0.15, 0.2) is 0 Å². The van der Waals surface area contributed by atoms with Gasteiger partial charge in [-0.05, 0) is 51.2 Å². The Bertz CT molecular complexity index is 320. The monoisotopic (exact) mass is 473 g/mol. The number of halogens is 5. The highest BCUT2D eigenvalue weighted by molar-refractivity contribution is 14.1. The van der Waals surface area contributed by atoms with Gasteiger partial charge in [0.2, 0.25) is 0 Å². The van der Waals surface area contributed by atoms with Gasteiger partial charge >= 0.3 is 0 Å². The molecule has 0 aliphatic rings. The van der Waals surface area contributed by atoms with E-state index >= 15 is 0 Å². The summed E-state index contributed by atoms with van der Waals surface area (Å²) in [6.07, 6.45) is -2.45. The molecule has 0 spiro atoms. The largest absolute Gasteiger partial charge is 0.266 e. The van der Waals surface area contributed by atoms with Crippen LogP contribution >= 0.6 is 61.1 Å². The highest BCUT2D eigenvalue weighted by Gasteiger charge is 2.17. The van der Waals surface area contributed by atoms with E-state index in [-0.39, 0.29) is 5.56 Å². The van der Waals surface area contributed by atoms with Crippen molar-refractivity contribution in [1.82, 2.24) is 4.98 Å². The summed E-state index contributed by atoms with van der Waals surface area (Å²) >= 11 is 7.06. The van der Waals surface area contributed by atoms with Gasteiger partial charge in [0, 0.05) is 8.90 Å². The molecule has 0 unspecified atom stereocenters. The van der Waals surface area contributed by atoms with Crippen LogP contribution in [0.3, 0.4) is 0 Å². The summed E-state index contributed by atoms with van der Waals surface area (Å²) in [6.45, 7) is 0. The summed E-state index contributed by atoms with van der Waals surface area (Å²) in [5, 5.41) is 0.361. The fraction of sp³-hybridized carbons (Fsp3) is 0.286. The van der Waals surface area contributed by atoms with Gasteiger partial charge in [-0.1, -0.05) is 15.9 Å². The molecule has 72 valence electrons. The molecule has 0 bridgehead atoms. The van der Waals surface area contributed by atoms with Gasteiger partial charge in [-0.2, -0.15) is 0 Å². The summed E-state index contributed by atoms with van der Waals surface area (Å²) in [6, 6.07) is 1.65. The number of hydrogen-bond acceptors (Lipinski definition) is 1. The predicted octanol–water partition coefficient (Wildman–Crippen LogP) is 4.12. The SMILES string of the molecule is FC(F)c1c(I)cc(I)nc1CBr. The average molecular weight is 474 g/mol. The minimum atomic E-state index is -2.45. The summed E-state index contributed by atoms with van der Waals surface area (Å²) in [7, 11) is 0. The molecule has 0 aliphatic heterocycles. The number of pyridine rings is 1.